The molecule has 6 nitrogen and oxygen atoms in total. The van der Waals surface area contributed by atoms with Gasteiger partial charge in [0.1, 0.15) is 22.9 Å². The van der Waals surface area contributed by atoms with E-state index in [1.54, 1.807) is 73.8 Å². The van der Waals surface area contributed by atoms with Gasteiger partial charge in [-0.25, -0.2) is 4.79 Å². The molecular formula is C23H19NO5. The van der Waals surface area contributed by atoms with Crippen LogP contribution in [0.5, 0.6) is 17.2 Å². The summed E-state index contributed by atoms with van der Waals surface area (Å²) < 4.78 is 10.9. The highest BCUT2D eigenvalue weighted by Gasteiger charge is 2.13. The van der Waals surface area contributed by atoms with Gasteiger partial charge in [-0.15, -0.1) is 0 Å². The number of benzene rings is 3. The van der Waals surface area contributed by atoms with Crippen molar-refractivity contribution in [2.45, 2.75) is 0 Å². The minimum atomic E-state index is -1.23. The Morgan fingerprint density at radius 1 is 0.862 bits per heavy atom. The summed E-state index contributed by atoms with van der Waals surface area (Å²) in [5.74, 6) is 0.167. The number of hydrogen-bond acceptors (Lipinski definition) is 4. The van der Waals surface area contributed by atoms with Crippen LogP contribution in [0.25, 0.3) is 6.08 Å². The van der Waals surface area contributed by atoms with Gasteiger partial charge in [-0.3, -0.25) is 4.79 Å². The quantitative estimate of drug-likeness (QED) is 0.587. The fourth-order valence-corrected chi connectivity index (χ4v) is 2.53. The average molecular weight is 389 g/mol. The molecular weight excluding hydrogens is 370 g/mol. The van der Waals surface area contributed by atoms with Crippen LogP contribution in [0.4, 0.5) is 0 Å². The minimum absolute atomic E-state index is 0.222. The molecule has 0 aromatic heterocycles. The third kappa shape index (κ3) is 5.46. The molecule has 0 aliphatic carbocycles. The number of hydrogen-bond donors (Lipinski definition) is 2. The predicted octanol–water partition coefficient (Wildman–Crippen LogP) is 4.34. The van der Waals surface area contributed by atoms with Crippen molar-refractivity contribution >= 4 is 18.0 Å². The van der Waals surface area contributed by atoms with Crippen molar-refractivity contribution in [1.29, 1.82) is 0 Å². The highest BCUT2D eigenvalue weighted by atomic mass is 16.5. The van der Waals surface area contributed by atoms with Crippen molar-refractivity contribution in [3.8, 4) is 17.2 Å². The number of ether oxygens (including phenoxy) is 2. The molecule has 3 rings (SSSR count). The van der Waals surface area contributed by atoms with E-state index in [1.165, 1.54) is 6.08 Å². The summed E-state index contributed by atoms with van der Waals surface area (Å²) in [6.45, 7) is 0. The molecule has 2 N–H and O–H groups in total. The molecule has 0 aliphatic rings. The van der Waals surface area contributed by atoms with Crippen molar-refractivity contribution in [2.24, 2.45) is 0 Å². The number of carboxylic acids is 1. The fraction of sp³-hybridized carbons (Fsp3) is 0.0435. The van der Waals surface area contributed by atoms with Crippen molar-refractivity contribution in [3.05, 3.63) is 95.7 Å². The van der Waals surface area contributed by atoms with Crippen molar-refractivity contribution < 1.29 is 24.2 Å². The van der Waals surface area contributed by atoms with Crippen LogP contribution in [0.15, 0.2) is 84.6 Å². The highest BCUT2D eigenvalue weighted by Crippen LogP contribution is 2.25. The Bertz CT molecular complexity index is 1030. The number of aliphatic carboxylic acids is 1. The second-order valence-electron chi connectivity index (χ2n) is 6.03. The third-order valence-electron chi connectivity index (χ3n) is 3.98. The maximum atomic E-state index is 12.2. The normalized spacial score (nSPS) is 10.9. The zero-order valence-electron chi connectivity index (χ0n) is 15.7. The van der Waals surface area contributed by atoms with Crippen molar-refractivity contribution in [1.82, 2.24) is 5.32 Å². The smallest absolute Gasteiger partial charge is 0.352 e. The number of carbonyl (C=O) groups is 2. The zero-order chi connectivity index (χ0) is 20.6. The summed E-state index contributed by atoms with van der Waals surface area (Å²) in [5.41, 5.74) is 0.760. The minimum Gasteiger partial charge on any atom is -0.497 e. The van der Waals surface area contributed by atoms with Gasteiger partial charge in [0, 0.05) is 11.6 Å². The van der Waals surface area contributed by atoms with Gasteiger partial charge >= 0.3 is 5.97 Å². The van der Waals surface area contributed by atoms with E-state index >= 15 is 0 Å². The maximum absolute atomic E-state index is 12.2. The molecule has 3 aromatic rings. The molecule has 0 spiro atoms. The van der Waals surface area contributed by atoms with E-state index in [0.717, 1.165) is 0 Å². The van der Waals surface area contributed by atoms with Gasteiger partial charge in [0.2, 0.25) is 0 Å². The predicted molar refractivity (Wildman–Crippen MR) is 109 cm³/mol. The van der Waals surface area contributed by atoms with Crippen LogP contribution in [0.3, 0.4) is 0 Å². The molecule has 29 heavy (non-hydrogen) atoms. The van der Waals surface area contributed by atoms with Crippen LogP contribution in [0.2, 0.25) is 0 Å². The summed E-state index contributed by atoms with van der Waals surface area (Å²) in [5, 5.41) is 11.8. The van der Waals surface area contributed by atoms with Gasteiger partial charge in [0.15, 0.2) is 0 Å². The maximum Gasteiger partial charge on any atom is 0.352 e. The standard InChI is InChI=1S/C23H19NO5/c1-28-19-8-5-9-20(15-19)29-18-12-10-16(11-13-18)14-21(23(26)27)24-22(25)17-6-3-2-4-7-17/h2-15H,1H3,(H,24,25)(H,26,27). The molecule has 0 atom stereocenters. The molecule has 146 valence electrons. The molecule has 0 aliphatic heterocycles. The first kappa shape index (κ1) is 19.7. The SMILES string of the molecule is COc1cccc(Oc2ccc(C=C(NC(=O)c3ccccc3)C(=O)O)cc2)c1. The summed E-state index contributed by atoms with van der Waals surface area (Å²) >= 11 is 0. The summed E-state index contributed by atoms with van der Waals surface area (Å²) in [6.07, 6.45) is 1.39. The lowest BCUT2D eigenvalue weighted by atomic mass is 10.1. The Hall–Kier alpha value is -4.06. The van der Waals surface area contributed by atoms with Gasteiger partial charge in [0.05, 0.1) is 7.11 Å². The summed E-state index contributed by atoms with van der Waals surface area (Å²) in [4.78, 5) is 23.7. The number of rotatable bonds is 7. The number of carbonyl (C=O) groups excluding carboxylic acids is 1. The summed E-state index contributed by atoms with van der Waals surface area (Å²) in [6, 6.07) is 22.4. The first-order chi connectivity index (χ1) is 14.0. The van der Waals surface area contributed by atoms with Gasteiger partial charge in [-0.2, -0.15) is 0 Å². The van der Waals surface area contributed by atoms with E-state index in [0.29, 0.717) is 28.4 Å². The Kier molecular flexibility index (Phi) is 6.27. The van der Waals surface area contributed by atoms with Gasteiger partial charge < -0.3 is 19.9 Å². The fourth-order valence-electron chi connectivity index (χ4n) is 2.53. The Morgan fingerprint density at radius 2 is 1.55 bits per heavy atom. The van der Waals surface area contributed by atoms with E-state index in [2.05, 4.69) is 5.32 Å². The monoisotopic (exact) mass is 389 g/mol. The molecule has 0 heterocycles. The Balaban J connectivity index is 1.73. The average Bonchev–Trinajstić information content (AvgIpc) is 2.75. The zero-order valence-corrected chi connectivity index (χ0v) is 15.7. The van der Waals surface area contributed by atoms with E-state index in [1.807, 2.05) is 12.1 Å². The molecule has 0 saturated carbocycles. The van der Waals surface area contributed by atoms with Crippen molar-refractivity contribution in [2.75, 3.05) is 7.11 Å². The molecule has 6 heteroatoms. The van der Waals surface area contributed by atoms with Gasteiger partial charge in [0.25, 0.3) is 5.91 Å². The van der Waals surface area contributed by atoms with E-state index in [-0.39, 0.29) is 5.70 Å². The third-order valence-corrected chi connectivity index (χ3v) is 3.98. The van der Waals surface area contributed by atoms with Crippen LogP contribution in [-0.2, 0) is 4.79 Å². The Labute approximate surface area is 168 Å². The van der Waals surface area contributed by atoms with Crippen LogP contribution in [0.1, 0.15) is 15.9 Å². The lowest BCUT2D eigenvalue weighted by Crippen LogP contribution is -2.27. The number of carboxylic acid groups (broad SMARTS) is 1. The number of amides is 1. The van der Waals surface area contributed by atoms with E-state index in [4.69, 9.17) is 9.47 Å². The van der Waals surface area contributed by atoms with Gasteiger partial charge in [-0.05, 0) is 48.0 Å². The molecule has 0 saturated heterocycles. The summed E-state index contributed by atoms with van der Waals surface area (Å²) in [7, 11) is 1.58. The van der Waals surface area contributed by atoms with Crippen molar-refractivity contribution in [3.63, 3.8) is 0 Å². The number of nitrogens with one attached hydrogen (secondary N) is 1. The van der Waals surface area contributed by atoms with E-state index in [9.17, 15) is 14.7 Å². The molecule has 1 amide bonds. The number of methoxy groups -OCH3 is 1. The largest absolute Gasteiger partial charge is 0.497 e. The Morgan fingerprint density at radius 3 is 2.21 bits per heavy atom. The second-order valence-corrected chi connectivity index (χ2v) is 6.03. The van der Waals surface area contributed by atoms with Gasteiger partial charge in [-0.1, -0.05) is 36.4 Å². The second kappa shape index (κ2) is 9.23. The van der Waals surface area contributed by atoms with Crippen LogP contribution in [0, 0.1) is 0 Å². The highest BCUT2D eigenvalue weighted by molar-refractivity contribution is 6.02. The molecule has 0 radical (unpaired) electrons. The first-order valence-electron chi connectivity index (χ1n) is 8.78. The van der Waals surface area contributed by atoms with Crippen LogP contribution >= 0.6 is 0 Å². The topological polar surface area (TPSA) is 84.9 Å². The molecule has 0 fully saturated rings. The molecule has 0 unspecified atom stereocenters. The first-order valence-corrected chi connectivity index (χ1v) is 8.78. The van der Waals surface area contributed by atoms with Crippen LogP contribution in [-0.4, -0.2) is 24.1 Å². The lowest BCUT2D eigenvalue weighted by Gasteiger charge is -2.08. The molecule has 0 bridgehead atoms. The van der Waals surface area contributed by atoms with Crippen LogP contribution < -0.4 is 14.8 Å². The van der Waals surface area contributed by atoms with E-state index < -0.39 is 11.9 Å². The molecule has 3 aromatic carbocycles. The lowest BCUT2D eigenvalue weighted by molar-refractivity contribution is -0.132.